The Hall–Kier alpha value is -1.61. The van der Waals surface area contributed by atoms with Crippen molar-refractivity contribution >= 4 is 0 Å². The lowest BCUT2D eigenvalue weighted by molar-refractivity contribution is 0.459. The summed E-state index contributed by atoms with van der Waals surface area (Å²) in [5, 5.41) is 8.05. The number of nitrogens with one attached hydrogen (secondary N) is 1. The van der Waals surface area contributed by atoms with Crippen molar-refractivity contribution in [2.75, 3.05) is 7.05 Å². The molecule has 3 heteroatoms. The summed E-state index contributed by atoms with van der Waals surface area (Å²) in [6.07, 6.45) is 0. The zero-order valence-corrected chi connectivity index (χ0v) is 13.4. The topological polar surface area (TPSA) is 29.9 Å². The zero-order chi connectivity index (χ0) is 14.9. The summed E-state index contributed by atoms with van der Waals surface area (Å²) in [5.74, 6) is 0. The van der Waals surface area contributed by atoms with Gasteiger partial charge in [0.2, 0.25) is 0 Å². The number of aryl methyl sites for hydroxylation is 3. The van der Waals surface area contributed by atoms with Crippen LogP contribution in [0.15, 0.2) is 18.2 Å². The fourth-order valence-corrected chi connectivity index (χ4v) is 2.48. The SMILES string of the molecule is CNC(Cn1nc(C)c(C)c1C)c1ccc(C)c(C)c1. The van der Waals surface area contributed by atoms with E-state index in [1.807, 2.05) is 7.05 Å². The molecule has 0 fully saturated rings. The number of hydrogen-bond acceptors (Lipinski definition) is 2. The highest BCUT2D eigenvalue weighted by Gasteiger charge is 2.14. The van der Waals surface area contributed by atoms with Crippen LogP contribution in [0.2, 0.25) is 0 Å². The first-order valence-electron chi connectivity index (χ1n) is 7.19. The van der Waals surface area contributed by atoms with Crippen LogP contribution >= 0.6 is 0 Å². The van der Waals surface area contributed by atoms with Gasteiger partial charge in [0.25, 0.3) is 0 Å². The molecule has 20 heavy (non-hydrogen) atoms. The Bertz CT molecular complexity index is 611. The smallest absolute Gasteiger partial charge is 0.0625 e. The average Bonchev–Trinajstić information content (AvgIpc) is 2.67. The molecule has 3 nitrogen and oxygen atoms in total. The maximum atomic E-state index is 4.64. The molecule has 1 N–H and O–H groups in total. The van der Waals surface area contributed by atoms with Crippen molar-refractivity contribution in [3.8, 4) is 0 Å². The lowest BCUT2D eigenvalue weighted by Gasteiger charge is -2.19. The predicted molar refractivity (Wildman–Crippen MR) is 84.2 cm³/mol. The molecular weight excluding hydrogens is 246 g/mol. The van der Waals surface area contributed by atoms with Crippen molar-refractivity contribution in [1.29, 1.82) is 0 Å². The van der Waals surface area contributed by atoms with Gasteiger partial charge in [-0.15, -0.1) is 0 Å². The van der Waals surface area contributed by atoms with Gasteiger partial charge in [-0.05, 0) is 63.9 Å². The van der Waals surface area contributed by atoms with Crippen molar-refractivity contribution in [3.63, 3.8) is 0 Å². The fourth-order valence-electron chi connectivity index (χ4n) is 2.48. The molecule has 108 valence electrons. The molecule has 1 unspecified atom stereocenters. The van der Waals surface area contributed by atoms with E-state index in [0.29, 0.717) is 0 Å². The van der Waals surface area contributed by atoms with Crippen LogP contribution in [-0.4, -0.2) is 16.8 Å². The summed E-state index contributed by atoms with van der Waals surface area (Å²) >= 11 is 0. The van der Waals surface area contributed by atoms with Gasteiger partial charge in [0.05, 0.1) is 18.3 Å². The minimum atomic E-state index is 0.284. The van der Waals surface area contributed by atoms with Crippen LogP contribution in [0.1, 0.15) is 39.7 Å². The lowest BCUT2D eigenvalue weighted by Crippen LogP contribution is -2.23. The number of nitrogens with zero attached hydrogens (tertiary/aromatic N) is 2. The highest BCUT2D eigenvalue weighted by molar-refractivity contribution is 5.32. The van der Waals surface area contributed by atoms with E-state index in [0.717, 1.165) is 12.2 Å². The predicted octanol–water partition coefficient (Wildman–Crippen LogP) is 3.39. The molecule has 0 aliphatic heterocycles. The Morgan fingerprint density at radius 3 is 2.30 bits per heavy atom. The molecule has 0 spiro atoms. The van der Waals surface area contributed by atoms with Gasteiger partial charge in [-0.2, -0.15) is 5.10 Å². The Morgan fingerprint density at radius 2 is 1.80 bits per heavy atom. The fraction of sp³-hybridized carbons (Fsp3) is 0.471. The normalized spacial score (nSPS) is 12.7. The molecule has 1 aromatic heterocycles. The first kappa shape index (κ1) is 14.8. The van der Waals surface area contributed by atoms with Crippen molar-refractivity contribution < 1.29 is 0 Å². The van der Waals surface area contributed by atoms with Gasteiger partial charge in [0.15, 0.2) is 0 Å². The molecule has 2 rings (SSSR count). The monoisotopic (exact) mass is 271 g/mol. The molecule has 0 radical (unpaired) electrons. The molecule has 1 heterocycles. The zero-order valence-electron chi connectivity index (χ0n) is 13.4. The van der Waals surface area contributed by atoms with Crippen molar-refractivity contribution in [3.05, 3.63) is 51.8 Å². The second-order valence-electron chi connectivity index (χ2n) is 5.66. The molecule has 0 aliphatic carbocycles. The lowest BCUT2D eigenvalue weighted by atomic mass is 10.0. The molecule has 0 aliphatic rings. The Morgan fingerprint density at radius 1 is 1.10 bits per heavy atom. The van der Waals surface area contributed by atoms with E-state index in [2.05, 4.69) is 67.9 Å². The summed E-state index contributed by atoms with van der Waals surface area (Å²) < 4.78 is 2.11. The van der Waals surface area contributed by atoms with E-state index < -0.39 is 0 Å². The summed E-state index contributed by atoms with van der Waals surface area (Å²) in [6, 6.07) is 6.96. The Labute approximate surface area is 122 Å². The second kappa shape index (κ2) is 5.80. The van der Waals surface area contributed by atoms with E-state index in [1.54, 1.807) is 0 Å². The van der Waals surface area contributed by atoms with Crippen LogP contribution in [0.25, 0.3) is 0 Å². The van der Waals surface area contributed by atoms with Crippen LogP contribution in [0.3, 0.4) is 0 Å². The van der Waals surface area contributed by atoms with E-state index in [-0.39, 0.29) is 6.04 Å². The minimum absolute atomic E-state index is 0.284. The summed E-state index contributed by atoms with van der Waals surface area (Å²) in [7, 11) is 2.01. The number of rotatable bonds is 4. The average molecular weight is 271 g/mol. The molecular formula is C17H25N3. The largest absolute Gasteiger partial charge is 0.311 e. The highest BCUT2D eigenvalue weighted by Crippen LogP contribution is 2.20. The standard InChI is InChI=1S/C17H25N3/c1-11-7-8-16(9-12(11)2)17(18-6)10-20-15(5)13(3)14(4)19-20/h7-9,17-18H,10H2,1-6H3. The van der Waals surface area contributed by atoms with E-state index in [9.17, 15) is 0 Å². The van der Waals surface area contributed by atoms with Crippen molar-refractivity contribution in [2.24, 2.45) is 0 Å². The van der Waals surface area contributed by atoms with Gasteiger partial charge in [-0.1, -0.05) is 18.2 Å². The van der Waals surface area contributed by atoms with Crippen LogP contribution in [0.5, 0.6) is 0 Å². The van der Waals surface area contributed by atoms with Crippen molar-refractivity contribution in [2.45, 2.75) is 47.2 Å². The molecule has 1 aromatic carbocycles. The number of benzene rings is 1. The molecule has 0 amide bonds. The van der Waals surface area contributed by atoms with Crippen LogP contribution in [0, 0.1) is 34.6 Å². The summed E-state index contributed by atoms with van der Waals surface area (Å²) in [4.78, 5) is 0. The second-order valence-corrected chi connectivity index (χ2v) is 5.66. The van der Waals surface area contributed by atoms with Crippen LogP contribution < -0.4 is 5.32 Å². The third-order valence-corrected chi connectivity index (χ3v) is 4.38. The van der Waals surface area contributed by atoms with Crippen LogP contribution in [0.4, 0.5) is 0 Å². The van der Waals surface area contributed by atoms with Gasteiger partial charge in [0, 0.05) is 5.69 Å². The first-order valence-corrected chi connectivity index (χ1v) is 7.19. The third kappa shape index (κ3) is 2.78. The molecule has 0 bridgehead atoms. The summed E-state index contributed by atoms with van der Waals surface area (Å²) in [6.45, 7) is 11.5. The highest BCUT2D eigenvalue weighted by atomic mass is 15.3. The molecule has 2 aromatic rings. The molecule has 1 atom stereocenters. The maximum Gasteiger partial charge on any atom is 0.0625 e. The number of aromatic nitrogens is 2. The third-order valence-electron chi connectivity index (χ3n) is 4.38. The number of likely N-dealkylation sites (N-methyl/N-ethyl adjacent to an activating group) is 1. The van der Waals surface area contributed by atoms with Gasteiger partial charge in [-0.3, -0.25) is 4.68 Å². The van der Waals surface area contributed by atoms with Gasteiger partial charge >= 0.3 is 0 Å². The minimum Gasteiger partial charge on any atom is -0.311 e. The van der Waals surface area contributed by atoms with Crippen molar-refractivity contribution in [1.82, 2.24) is 15.1 Å². The van der Waals surface area contributed by atoms with E-state index in [4.69, 9.17) is 0 Å². The first-order chi connectivity index (χ1) is 9.43. The number of hydrogen-bond donors (Lipinski definition) is 1. The van der Waals surface area contributed by atoms with Gasteiger partial charge < -0.3 is 5.32 Å². The molecule has 0 saturated carbocycles. The quantitative estimate of drug-likeness (QED) is 0.924. The Balaban J connectivity index is 2.28. The van der Waals surface area contributed by atoms with E-state index >= 15 is 0 Å². The Kier molecular flexibility index (Phi) is 4.29. The summed E-state index contributed by atoms with van der Waals surface area (Å²) in [5.41, 5.74) is 7.67. The van der Waals surface area contributed by atoms with Crippen LogP contribution in [-0.2, 0) is 6.54 Å². The van der Waals surface area contributed by atoms with Gasteiger partial charge in [-0.25, -0.2) is 0 Å². The van der Waals surface area contributed by atoms with E-state index in [1.165, 1.54) is 27.9 Å². The maximum absolute atomic E-state index is 4.64. The molecule has 0 saturated heterocycles. The van der Waals surface area contributed by atoms with Gasteiger partial charge in [0.1, 0.15) is 0 Å².